The van der Waals surface area contributed by atoms with Crippen LogP contribution in [0.25, 0.3) is 0 Å². The fourth-order valence-electron chi connectivity index (χ4n) is 7.62. The van der Waals surface area contributed by atoms with Gasteiger partial charge in [-0.15, -0.1) is 0 Å². The number of amides is 2. The molecule has 0 aromatic rings. The molecule has 288 valence electrons. The van der Waals surface area contributed by atoms with Gasteiger partial charge in [-0.1, -0.05) is 45.9 Å². The first-order valence-corrected chi connectivity index (χ1v) is 19.6. The number of hydrogen-bond acceptors (Lipinski definition) is 8. The number of rotatable bonds is 18. The highest BCUT2D eigenvalue weighted by Gasteiger charge is 2.44. The van der Waals surface area contributed by atoms with E-state index in [1.54, 1.807) is 19.9 Å². The average molecular weight is 707 g/mol. The van der Waals surface area contributed by atoms with Crippen LogP contribution < -0.4 is 10.6 Å². The van der Waals surface area contributed by atoms with Crippen molar-refractivity contribution in [2.24, 2.45) is 23.7 Å². The summed E-state index contributed by atoms with van der Waals surface area (Å²) in [5, 5.41) is 36.3. The van der Waals surface area contributed by atoms with Crippen LogP contribution in [-0.4, -0.2) is 88.7 Å². The maximum Gasteiger partial charge on any atom is 0.225 e. The van der Waals surface area contributed by atoms with Crippen LogP contribution >= 0.6 is 0 Å². The minimum atomic E-state index is -1.01. The van der Waals surface area contributed by atoms with E-state index >= 15 is 0 Å². The molecule has 3 rings (SSSR count). The Hall–Kier alpha value is -1.82. The lowest BCUT2D eigenvalue weighted by Crippen LogP contribution is -2.50. The van der Waals surface area contributed by atoms with Gasteiger partial charge in [-0.25, -0.2) is 0 Å². The average Bonchev–Trinajstić information content (AvgIpc) is 3.07. The SMILES string of the molecule is C/C=C/[C@H](O)CC1CC[C@H](C)[C@H](CC(=O)NC[C@H](O)[C@H](C)C(=O)NCCCC2O[C@@]3(CCC[C@@H](CC[C@H](C)/C=C(\C)[C@H](C)O)O3)CC[C@@H]2C)O1. The monoisotopic (exact) mass is 707 g/mol. The zero-order valence-corrected chi connectivity index (χ0v) is 32.1. The van der Waals surface area contributed by atoms with Gasteiger partial charge in [0.25, 0.3) is 0 Å². The third-order valence-electron chi connectivity index (χ3n) is 11.3. The smallest absolute Gasteiger partial charge is 0.225 e. The first-order chi connectivity index (χ1) is 23.7. The van der Waals surface area contributed by atoms with Crippen LogP contribution in [0.1, 0.15) is 132 Å². The molecule has 12 atom stereocenters. The highest BCUT2D eigenvalue weighted by molar-refractivity contribution is 5.79. The van der Waals surface area contributed by atoms with Gasteiger partial charge in [-0.2, -0.15) is 0 Å². The van der Waals surface area contributed by atoms with Crippen molar-refractivity contribution in [3.8, 4) is 0 Å². The maximum atomic E-state index is 12.9. The maximum absolute atomic E-state index is 12.9. The summed E-state index contributed by atoms with van der Waals surface area (Å²) >= 11 is 0. The third kappa shape index (κ3) is 14.0. The second-order valence-electron chi connectivity index (χ2n) is 15.8. The Morgan fingerprint density at radius 1 is 0.920 bits per heavy atom. The van der Waals surface area contributed by atoms with Gasteiger partial charge in [-0.3, -0.25) is 9.59 Å². The highest BCUT2D eigenvalue weighted by Crippen LogP contribution is 2.43. The van der Waals surface area contributed by atoms with Crippen LogP contribution in [0.3, 0.4) is 0 Å². The number of hydrogen-bond donors (Lipinski definition) is 5. The molecule has 10 heteroatoms. The van der Waals surface area contributed by atoms with Crippen molar-refractivity contribution in [3.63, 3.8) is 0 Å². The first-order valence-electron chi connectivity index (χ1n) is 19.6. The molecule has 10 nitrogen and oxygen atoms in total. The lowest BCUT2D eigenvalue weighted by molar-refractivity contribution is -0.324. The topological polar surface area (TPSA) is 147 Å². The van der Waals surface area contributed by atoms with E-state index in [-0.39, 0.29) is 55.1 Å². The van der Waals surface area contributed by atoms with Crippen LogP contribution in [0.15, 0.2) is 23.8 Å². The molecule has 0 bridgehead atoms. The summed E-state index contributed by atoms with van der Waals surface area (Å²) in [6.07, 6.45) is 14.7. The lowest BCUT2D eigenvalue weighted by Gasteiger charge is -2.48. The number of nitrogens with one attached hydrogen (secondary N) is 2. The van der Waals surface area contributed by atoms with Gasteiger partial charge in [0.05, 0.1) is 55.1 Å². The van der Waals surface area contributed by atoms with E-state index in [1.165, 1.54) is 0 Å². The Labute approximate surface area is 302 Å². The summed E-state index contributed by atoms with van der Waals surface area (Å²) in [5.41, 5.74) is 1.01. The molecule has 50 heavy (non-hydrogen) atoms. The van der Waals surface area contributed by atoms with Crippen molar-refractivity contribution in [2.45, 2.75) is 180 Å². The largest absolute Gasteiger partial charge is 0.390 e. The molecule has 0 radical (unpaired) electrons. The van der Waals surface area contributed by atoms with Gasteiger partial charge >= 0.3 is 0 Å². The Balaban J connectivity index is 1.36. The van der Waals surface area contributed by atoms with Gasteiger partial charge in [0.15, 0.2) is 5.79 Å². The Morgan fingerprint density at radius 3 is 2.38 bits per heavy atom. The van der Waals surface area contributed by atoms with Crippen molar-refractivity contribution < 1.29 is 39.1 Å². The summed E-state index contributed by atoms with van der Waals surface area (Å²) in [5.74, 6) is -0.623. The Bertz CT molecular complexity index is 1100. The summed E-state index contributed by atoms with van der Waals surface area (Å²) in [4.78, 5) is 25.6. The first kappa shape index (κ1) is 42.6. The zero-order valence-electron chi connectivity index (χ0n) is 32.1. The molecule has 0 aromatic heterocycles. The van der Waals surface area contributed by atoms with Crippen LogP contribution in [-0.2, 0) is 23.8 Å². The van der Waals surface area contributed by atoms with Crippen molar-refractivity contribution >= 4 is 11.8 Å². The number of ether oxygens (including phenoxy) is 3. The Morgan fingerprint density at radius 2 is 1.66 bits per heavy atom. The molecule has 1 spiro atoms. The van der Waals surface area contributed by atoms with Crippen molar-refractivity contribution in [2.75, 3.05) is 13.1 Å². The third-order valence-corrected chi connectivity index (χ3v) is 11.3. The molecule has 2 unspecified atom stereocenters. The molecule has 3 fully saturated rings. The van der Waals surface area contributed by atoms with E-state index in [0.717, 1.165) is 76.2 Å². The predicted octanol–water partition coefficient (Wildman–Crippen LogP) is 5.72. The number of allylic oxidation sites excluding steroid dienone is 2. The number of aliphatic hydroxyl groups is 3. The quantitative estimate of drug-likeness (QED) is 0.0899. The fourth-order valence-corrected chi connectivity index (χ4v) is 7.62. The molecule has 3 aliphatic heterocycles. The minimum absolute atomic E-state index is 0.00835. The van der Waals surface area contributed by atoms with E-state index < -0.39 is 30.0 Å². The van der Waals surface area contributed by atoms with E-state index in [0.29, 0.717) is 24.8 Å². The molecule has 3 saturated heterocycles. The molecule has 0 saturated carbocycles. The van der Waals surface area contributed by atoms with E-state index in [2.05, 4.69) is 37.5 Å². The van der Waals surface area contributed by atoms with Gasteiger partial charge in [0, 0.05) is 32.4 Å². The van der Waals surface area contributed by atoms with Gasteiger partial charge < -0.3 is 40.2 Å². The molecule has 3 aliphatic rings. The summed E-state index contributed by atoms with van der Waals surface area (Å²) < 4.78 is 19.5. The second-order valence-corrected chi connectivity index (χ2v) is 15.8. The predicted molar refractivity (Wildman–Crippen MR) is 196 cm³/mol. The second kappa shape index (κ2) is 21.0. The van der Waals surface area contributed by atoms with E-state index in [1.807, 2.05) is 19.9 Å². The number of carbonyl (C=O) groups is 2. The van der Waals surface area contributed by atoms with Crippen molar-refractivity contribution in [1.82, 2.24) is 10.6 Å². The van der Waals surface area contributed by atoms with Crippen LogP contribution in [0.2, 0.25) is 0 Å². The highest BCUT2D eigenvalue weighted by atomic mass is 16.7. The summed E-state index contributed by atoms with van der Waals surface area (Å²) in [6, 6.07) is 0. The molecule has 2 amide bonds. The molecular weight excluding hydrogens is 636 g/mol. The van der Waals surface area contributed by atoms with Crippen molar-refractivity contribution in [1.29, 1.82) is 0 Å². The Kier molecular flexibility index (Phi) is 17.9. The van der Waals surface area contributed by atoms with Crippen LogP contribution in [0.4, 0.5) is 0 Å². The van der Waals surface area contributed by atoms with Gasteiger partial charge in [0.2, 0.25) is 11.8 Å². The minimum Gasteiger partial charge on any atom is -0.390 e. The standard InChI is InChI=1S/C40H70N2O8/c1-8-11-32(44)23-34-17-15-27(3)37(48-34)24-38(46)42-25-35(45)30(6)39(47)41-21-10-13-36-28(4)18-20-40(50-36)19-9-12-33(49-40)16-14-26(2)22-29(5)31(7)43/h8,11,22,26-28,30-37,43-45H,9-10,12-21,23-25H2,1-7H3,(H,41,47)(H,42,46)/b11-8+,29-22+/t26-,27-,28-,30-,31-,32-,33-,34?,35-,36?,37-,40-/m0/s1. The van der Waals surface area contributed by atoms with Crippen LogP contribution in [0, 0.1) is 23.7 Å². The van der Waals surface area contributed by atoms with Gasteiger partial charge in [-0.05, 0) is 102 Å². The van der Waals surface area contributed by atoms with Crippen LogP contribution in [0.5, 0.6) is 0 Å². The normalized spacial score (nSPS) is 32.3. The lowest BCUT2D eigenvalue weighted by atomic mass is 9.85. The molecule has 0 aromatic carbocycles. The summed E-state index contributed by atoms with van der Waals surface area (Å²) in [7, 11) is 0. The molecule has 0 aliphatic carbocycles. The molecular formula is C40H70N2O8. The molecule has 5 N–H and O–H groups in total. The molecule has 3 heterocycles. The van der Waals surface area contributed by atoms with E-state index in [4.69, 9.17) is 14.2 Å². The zero-order chi connectivity index (χ0) is 36.8. The number of aliphatic hydroxyl groups excluding tert-OH is 3. The number of carbonyl (C=O) groups excluding carboxylic acids is 2. The van der Waals surface area contributed by atoms with Gasteiger partial charge in [0.1, 0.15) is 0 Å². The van der Waals surface area contributed by atoms with Crippen molar-refractivity contribution in [3.05, 3.63) is 23.8 Å². The summed E-state index contributed by atoms with van der Waals surface area (Å²) in [6.45, 7) is 14.3. The van der Waals surface area contributed by atoms with E-state index in [9.17, 15) is 24.9 Å². The fraction of sp³-hybridized carbons (Fsp3) is 0.850.